The van der Waals surface area contributed by atoms with Gasteiger partial charge in [-0.15, -0.1) is 0 Å². The summed E-state index contributed by atoms with van der Waals surface area (Å²) in [5.74, 6) is -0.732. The number of nitrogens with zero attached hydrogens (tertiary/aromatic N) is 1. The lowest BCUT2D eigenvalue weighted by molar-refractivity contribution is -0.141. The van der Waals surface area contributed by atoms with Crippen molar-refractivity contribution in [2.45, 2.75) is 32.4 Å². The zero-order valence-corrected chi connectivity index (χ0v) is 16.4. The summed E-state index contributed by atoms with van der Waals surface area (Å²) in [5.41, 5.74) is 1.49. The summed E-state index contributed by atoms with van der Waals surface area (Å²) in [6.07, 6.45) is 1.00. The maximum Gasteiger partial charge on any atom is 0.247 e. The Morgan fingerprint density at radius 3 is 2.39 bits per heavy atom. The van der Waals surface area contributed by atoms with Crippen LogP contribution in [0.1, 0.15) is 36.9 Å². The molecule has 1 N–H and O–H groups in total. The number of nitrogens with one attached hydrogen (secondary N) is 1. The number of carbonyl (C=O) groups is 2. The molecule has 6 heteroatoms. The van der Waals surface area contributed by atoms with Gasteiger partial charge in [0.25, 0.3) is 0 Å². The Hall–Kier alpha value is -2.73. The van der Waals surface area contributed by atoms with Gasteiger partial charge in [-0.1, -0.05) is 49.4 Å². The molecular weight excluding hydrogens is 359 g/mol. The van der Waals surface area contributed by atoms with Crippen LogP contribution in [0.5, 0.6) is 0 Å². The molecule has 2 aromatic rings. The maximum absolute atomic E-state index is 13.3. The highest BCUT2D eigenvalue weighted by Crippen LogP contribution is 2.25. The minimum atomic E-state index is -0.776. The highest BCUT2D eigenvalue weighted by Gasteiger charge is 2.30. The van der Waals surface area contributed by atoms with E-state index in [0.29, 0.717) is 26.0 Å². The molecular formula is C22H27FN2O3. The smallest absolute Gasteiger partial charge is 0.247 e. The fourth-order valence-corrected chi connectivity index (χ4v) is 2.95. The monoisotopic (exact) mass is 386 g/mol. The predicted octanol–water partition coefficient (Wildman–Crippen LogP) is 3.46. The van der Waals surface area contributed by atoms with Crippen LogP contribution in [-0.2, 0) is 20.9 Å². The number of amides is 2. The molecule has 2 rings (SSSR count). The second kappa shape index (κ2) is 11.2. The van der Waals surface area contributed by atoms with E-state index >= 15 is 0 Å². The predicted molar refractivity (Wildman–Crippen MR) is 106 cm³/mol. The molecule has 0 bridgehead atoms. The number of halogens is 1. The van der Waals surface area contributed by atoms with Gasteiger partial charge in [-0.3, -0.25) is 9.59 Å². The average Bonchev–Trinajstić information content (AvgIpc) is 2.70. The van der Waals surface area contributed by atoms with Gasteiger partial charge in [0, 0.05) is 26.6 Å². The van der Waals surface area contributed by atoms with Gasteiger partial charge in [0.15, 0.2) is 0 Å². The van der Waals surface area contributed by atoms with E-state index in [-0.39, 0.29) is 24.2 Å². The van der Waals surface area contributed by atoms with Crippen LogP contribution in [0, 0.1) is 5.82 Å². The first kappa shape index (κ1) is 21.6. The van der Waals surface area contributed by atoms with Crippen molar-refractivity contribution >= 4 is 11.8 Å². The summed E-state index contributed by atoms with van der Waals surface area (Å²) < 4.78 is 18.3. The summed E-state index contributed by atoms with van der Waals surface area (Å²) in [5, 5.41) is 2.84. The lowest BCUT2D eigenvalue weighted by Gasteiger charge is -2.31. The van der Waals surface area contributed by atoms with Crippen LogP contribution < -0.4 is 5.32 Å². The molecule has 0 fully saturated rings. The minimum absolute atomic E-state index is 0.123. The number of benzene rings is 2. The fourth-order valence-electron chi connectivity index (χ4n) is 2.95. The molecule has 150 valence electrons. The van der Waals surface area contributed by atoms with Crippen molar-refractivity contribution in [3.8, 4) is 0 Å². The van der Waals surface area contributed by atoms with Gasteiger partial charge in [0.2, 0.25) is 11.8 Å². The van der Waals surface area contributed by atoms with Crippen molar-refractivity contribution in [3.63, 3.8) is 0 Å². The van der Waals surface area contributed by atoms with Crippen LogP contribution >= 0.6 is 0 Å². The SMILES string of the molecule is CCCC(=O)N(Cc1ccc(F)cc1)[C@H](C(=O)NCCOC)c1ccccc1. The lowest BCUT2D eigenvalue weighted by Crippen LogP contribution is -2.44. The molecule has 0 aliphatic carbocycles. The van der Waals surface area contributed by atoms with E-state index in [1.807, 2.05) is 37.3 Å². The summed E-state index contributed by atoms with van der Waals surface area (Å²) in [4.78, 5) is 27.5. The molecule has 28 heavy (non-hydrogen) atoms. The molecule has 0 heterocycles. The third-order valence-corrected chi connectivity index (χ3v) is 4.33. The van der Waals surface area contributed by atoms with E-state index in [1.54, 1.807) is 24.1 Å². The van der Waals surface area contributed by atoms with Crippen LogP contribution in [0.4, 0.5) is 4.39 Å². The minimum Gasteiger partial charge on any atom is -0.383 e. The van der Waals surface area contributed by atoms with E-state index in [0.717, 1.165) is 11.1 Å². The molecule has 0 aromatic heterocycles. The topological polar surface area (TPSA) is 58.6 Å². The number of methoxy groups -OCH3 is 1. The van der Waals surface area contributed by atoms with Crippen LogP contribution in [0.2, 0.25) is 0 Å². The second-order valence-corrected chi connectivity index (χ2v) is 6.50. The summed E-state index contributed by atoms with van der Waals surface area (Å²) >= 11 is 0. The van der Waals surface area contributed by atoms with Crippen molar-refractivity contribution in [2.24, 2.45) is 0 Å². The first-order valence-corrected chi connectivity index (χ1v) is 9.42. The molecule has 2 aromatic carbocycles. The van der Waals surface area contributed by atoms with E-state index in [4.69, 9.17) is 4.74 Å². The molecule has 0 saturated heterocycles. The van der Waals surface area contributed by atoms with Crippen LogP contribution in [0.25, 0.3) is 0 Å². The second-order valence-electron chi connectivity index (χ2n) is 6.50. The van der Waals surface area contributed by atoms with Crippen LogP contribution in [0.3, 0.4) is 0 Å². The Balaban J connectivity index is 2.36. The summed E-state index contributed by atoms with van der Waals surface area (Å²) in [6, 6.07) is 14.4. The molecule has 0 aliphatic heterocycles. The highest BCUT2D eigenvalue weighted by atomic mass is 19.1. The Morgan fingerprint density at radius 2 is 1.79 bits per heavy atom. The molecule has 1 atom stereocenters. The molecule has 0 aliphatic rings. The molecule has 0 saturated carbocycles. The third-order valence-electron chi connectivity index (χ3n) is 4.33. The van der Waals surface area contributed by atoms with Crippen LogP contribution in [-0.4, -0.2) is 37.0 Å². The Kier molecular flexibility index (Phi) is 8.62. The third kappa shape index (κ3) is 6.16. The molecule has 5 nitrogen and oxygen atoms in total. The van der Waals surface area contributed by atoms with E-state index < -0.39 is 6.04 Å². The first-order valence-electron chi connectivity index (χ1n) is 9.42. The van der Waals surface area contributed by atoms with Crippen LogP contribution in [0.15, 0.2) is 54.6 Å². The summed E-state index contributed by atoms with van der Waals surface area (Å²) in [6.45, 7) is 2.87. The van der Waals surface area contributed by atoms with Gasteiger partial charge in [0.1, 0.15) is 11.9 Å². The lowest BCUT2D eigenvalue weighted by atomic mass is 10.0. The quantitative estimate of drug-likeness (QED) is 0.636. The van der Waals surface area contributed by atoms with Crippen molar-refractivity contribution in [2.75, 3.05) is 20.3 Å². The van der Waals surface area contributed by atoms with E-state index in [2.05, 4.69) is 5.32 Å². The van der Waals surface area contributed by atoms with E-state index in [1.165, 1.54) is 12.1 Å². The number of carbonyl (C=O) groups excluding carboxylic acids is 2. The largest absolute Gasteiger partial charge is 0.383 e. The molecule has 2 amide bonds. The van der Waals surface area contributed by atoms with Gasteiger partial charge in [-0.05, 0) is 29.7 Å². The molecule has 0 unspecified atom stereocenters. The fraction of sp³-hybridized carbons (Fsp3) is 0.364. The zero-order chi connectivity index (χ0) is 20.4. The number of hydrogen-bond donors (Lipinski definition) is 1. The zero-order valence-electron chi connectivity index (χ0n) is 16.4. The molecule has 0 spiro atoms. The van der Waals surface area contributed by atoms with Crippen molar-refractivity contribution < 1.29 is 18.7 Å². The van der Waals surface area contributed by atoms with Gasteiger partial charge >= 0.3 is 0 Å². The highest BCUT2D eigenvalue weighted by molar-refractivity contribution is 5.88. The Labute approximate surface area is 165 Å². The van der Waals surface area contributed by atoms with Gasteiger partial charge < -0.3 is 15.0 Å². The van der Waals surface area contributed by atoms with Crippen molar-refractivity contribution in [1.29, 1.82) is 0 Å². The van der Waals surface area contributed by atoms with Gasteiger partial charge in [-0.2, -0.15) is 0 Å². The number of hydrogen-bond acceptors (Lipinski definition) is 3. The van der Waals surface area contributed by atoms with Gasteiger partial charge in [0.05, 0.1) is 6.61 Å². The average molecular weight is 386 g/mol. The maximum atomic E-state index is 13.3. The van der Waals surface area contributed by atoms with Gasteiger partial charge in [-0.25, -0.2) is 4.39 Å². The number of ether oxygens (including phenoxy) is 1. The Bertz CT molecular complexity index is 750. The number of rotatable bonds is 10. The standard InChI is InChI=1S/C22H27FN2O3/c1-3-7-20(26)25(16-17-10-12-19(23)13-11-17)21(18-8-5-4-6-9-18)22(27)24-14-15-28-2/h4-6,8-13,21H,3,7,14-16H2,1-2H3,(H,24,27)/t21-/m0/s1. The van der Waals surface area contributed by atoms with Crippen molar-refractivity contribution in [3.05, 3.63) is 71.5 Å². The molecule has 0 radical (unpaired) electrons. The van der Waals surface area contributed by atoms with E-state index in [9.17, 15) is 14.0 Å². The summed E-state index contributed by atoms with van der Waals surface area (Å²) in [7, 11) is 1.56. The first-order chi connectivity index (χ1) is 13.6. The normalized spacial score (nSPS) is 11.7. The Morgan fingerprint density at radius 1 is 1.11 bits per heavy atom. The van der Waals surface area contributed by atoms with Crippen molar-refractivity contribution in [1.82, 2.24) is 10.2 Å².